The van der Waals surface area contributed by atoms with Crippen molar-refractivity contribution in [2.45, 2.75) is 25.3 Å². The van der Waals surface area contributed by atoms with Crippen LogP contribution in [0.3, 0.4) is 0 Å². The van der Waals surface area contributed by atoms with Crippen LogP contribution in [-0.4, -0.2) is 78.1 Å². The summed E-state index contributed by atoms with van der Waals surface area (Å²) in [5.41, 5.74) is 0. The first-order valence-electron chi connectivity index (χ1n) is 6.89. The van der Waals surface area contributed by atoms with Crippen LogP contribution in [0.15, 0.2) is 0 Å². The van der Waals surface area contributed by atoms with Gasteiger partial charge in [0.2, 0.25) is 0 Å². The number of carbonyl (C=O) groups is 2. The Hall–Kier alpha value is -1.30. The van der Waals surface area contributed by atoms with E-state index in [1.165, 1.54) is 0 Å². The minimum Gasteiger partial charge on any atom is -0.481 e. The number of likely N-dealkylation sites (tertiary alicyclic amines) is 2. The van der Waals surface area contributed by atoms with Gasteiger partial charge in [0, 0.05) is 38.1 Å². The van der Waals surface area contributed by atoms with E-state index < -0.39 is 5.97 Å². The number of piperidine rings is 1. The van der Waals surface area contributed by atoms with Crippen LogP contribution in [0.1, 0.15) is 19.3 Å². The molecule has 0 radical (unpaired) electrons. The Morgan fingerprint density at radius 3 is 2.21 bits per heavy atom. The van der Waals surface area contributed by atoms with Gasteiger partial charge in [-0.2, -0.15) is 0 Å². The predicted octanol–water partition coefficient (Wildman–Crippen LogP) is 0.539. The van der Waals surface area contributed by atoms with Gasteiger partial charge in [-0.05, 0) is 26.9 Å². The molecule has 1 N–H and O–H groups in total. The fraction of sp³-hybridized carbons (Fsp3) is 0.846. The summed E-state index contributed by atoms with van der Waals surface area (Å²) in [7, 11) is 4.15. The van der Waals surface area contributed by atoms with Gasteiger partial charge < -0.3 is 19.8 Å². The second-order valence-electron chi connectivity index (χ2n) is 5.83. The first-order valence-corrected chi connectivity index (χ1v) is 6.89. The zero-order valence-corrected chi connectivity index (χ0v) is 11.7. The monoisotopic (exact) mass is 269 g/mol. The van der Waals surface area contributed by atoms with Crippen LogP contribution in [0.5, 0.6) is 0 Å². The second kappa shape index (κ2) is 5.77. The van der Waals surface area contributed by atoms with Gasteiger partial charge in [-0.3, -0.25) is 4.79 Å². The van der Waals surface area contributed by atoms with E-state index in [9.17, 15) is 9.59 Å². The number of hydrogen-bond acceptors (Lipinski definition) is 3. The Balaban J connectivity index is 1.73. The second-order valence-corrected chi connectivity index (χ2v) is 5.83. The fourth-order valence-electron chi connectivity index (χ4n) is 2.88. The summed E-state index contributed by atoms with van der Waals surface area (Å²) < 4.78 is 0. The molecule has 0 spiro atoms. The average Bonchev–Trinajstić information content (AvgIpc) is 2.32. The molecule has 2 saturated heterocycles. The molecule has 2 amide bonds. The fourth-order valence-corrected chi connectivity index (χ4v) is 2.88. The maximum atomic E-state index is 12.2. The van der Waals surface area contributed by atoms with Gasteiger partial charge in [0.1, 0.15) is 0 Å². The number of carboxylic acid groups (broad SMARTS) is 1. The highest BCUT2D eigenvalue weighted by molar-refractivity contribution is 5.76. The quantitative estimate of drug-likeness (QED) is 0.812. The van der Waals surface area contributed by atoms with Gasteiger partial charge in [0.15, 0.2) is 0 Å². The van der Waals surface area contributed by atoms with Crippen LogP contribution in [-0.2, 0) is 4.79 Å². The van der Waals surface area contributed by atoms with Crippen LogP contribution in [0.2, 0.25) is 0 Å². The lowest BCUT2D eigenvalue weighted by Gasteiger charge is -2.43. The molecule has 0 aliphatic carbocycles. The molecule has 19 heavy (non-hydrogen) atoms. The van der Waals surface area contributed by atoms with Crippen molar-refractivity contribution in [2.24, 2.45) is 5.92 Å². The van der Waals surface area contributed by atoms with Crippen molar-refractivity contribution in [2.75, 3.05) is 40.3 Å². The molecule has 2 heterocycles. The number of carbonyl (C=O) groups excluding carboxylic acids is 1. The molecule has 108 valence electrons. The van der Waals surface area contributed by atoms with Gasteiger partial charge in [0.05, 0.1) is 6.42 Å². The Morgan fingerprint density at radius 2 is 1.74 bits per heavy atom. The van der Waals surface area contributed by atoms with Crippen molar-refractivity contribution >= 4 is 12.0 Å². The molecule has 0 saturated carbocycles. The Kier molecular flexibility index (Phi) is 4.29. The van der Waals surface area contributed by atoms with Crippen molar-refractivity contribution in [3.05, 3.63) is 0 Å². The van der Waals surface area contributed by atoms with E-state index in [4.69, 9.17) is 5.11 Å². The lowest BCUT2D eigenvalue weighted by Crippen LogP contribution is -2.57. The minimum absolute atomic E-state index is 0.0823. The first-order chi connectivity index (χ1) is 8.97. The standard InChI is InChI=1S/C13H23N3O3/c1-14(2)11-3-5-15(6-4-11)13(19)16-8-10(9-16)7-12(17)18/h10-11H,3-9H2,1-2H3,(H,17,18). The number of urea groups is 1. The first kappa shape index (κ1) is 14.1. The lowest BCUT2D eigenvalue weighted by atomic mass is 9.96. The number of nitrogens with zero attached hydrogens (tertiary/aromatic N) is 3. The molecule has 6 nitrogen and oxygen atoms in total. The van der Waals surface area contributed by atoms with Crippen molar-refractivity contribution < 1.29 is 14.7 Å². The largest absolute Gasteiger partial charge is 0.481 e. The van der Waals surface area contributed by atoms with Gasteiger partial charge >= 0.3 is 12.0 Å². The molecule has 0 aromatic heterocycles. The number of amides is 2. The van der Waals surface area contributed by atoms with E-state index in [1.54, 1.807) is 4.90 Å². The smallest absolute Gasteiger partial charge is 0.320 e. The third kappa shape index (κ3) is 3.37. The molecule has 0 aromatic carbocycles. The molecular formula is C13H23N3O3. The summed E-state index contributed by atoms with van der Waals surface area (Å²) in [4.78, 5) is 28.6. The van der Waals surface area contributed by atoms with Crippen LogP contribution in [0, 0.1) is 5.92 Å². The van der Waals surface area contributed by atoms with Gasteiger partial charge in [-0.15, -0.1) is 0 Å². The number of hydrogen-bond donors (Lipinski definition) is 1. The van der Waals surface area contributed by atoms with Gasteiger partial charge in [-0.1, -0.05) is 0 Å². The van der Waals surface area contributed by atoms with E-state index >= 15 is 0 Å². The minimum atomic E-state index is -0.774. The third-order valence-corrected chi connectivity index (χ3v) is 4.16. The third-order valence-electron chi connectivity index (χ3n) is 4.16. The van der Waals surface area contributed by atoms with Crippen LogP contribution < -0.4 is 0 Å². The maximum Gasteiger partial charge on any atom is 0.320 e. The molecule has 2 aliphatic rings. The summed E-state index contributed by atoms with van der Waals surface area (Å²) in [6.07, 6.45) is 2.21. The van der Waals surface area contributed by atoms with Crippen molar-refractivity contribution in [1.29, 1.82) is 0 Å². The highest BCUT2D eigenvalue weighted by atomic mass is 16.4. The molecule has 0 atom stereocenters. The normalized spacial score (nSPS) is 21.6. The van der Waals surface area contributed by atoms with Gasteiger partial charge in [0.25, 0.3) is 0 Å². The molecule has 6 heteroatoms. The van der Waals surface area contributed by atoms with E-state index in [1.807, 2.05) is 4.90 Å². The number of carboxylic acids is 1. The van der Waals surface area contributed by atoms with Crippen LogP contribution >= 0.6 is 0 Å². The van der Waals surface area contributed by atoms with E-state index in [0.29, 0.717) is 19.1 Å². The molecular weight excluding hydrogens is 246 g/mol. The Labute approximate surface area is 114 Å². The zero-order chi connectivity index (χ0) is 14.0. The summed E-state index contributed by atoms with van der Waals surface area (Å²) in [6.45, 7) is 2.81. The zero-order valence-electron chi connectivity index (χ0n) is 11.7. The highest BCUT2D eigenvalue weighted by Gasteiger charge is 2.35. The average molecular weight is 269 g/mol. The van der Waals surface area contributed by atoms with Crippen LogP contribution in [0.4, 0.5) is 4.79 Å². The molecule has 2 aliphatic heterocycles. The van der Waals surface area contributed by atoms with Crippen LogP contribution in [0.25, 0.3) is 0 Å². The summed E-state index contributed by atoms with van der Waals surface area (Å²) in [5.74, 6) is -0.635. The SMILES string of the molecule is CN(C)C1CCN(C(=O)N2CC(CC(=O)O)C2)CC1. The summed E-state index contributed by atoms with van der Waals surface area (Å²) in [5, 5.41) is 8.69. The van der Waals surface area contributed by atoms with E-state index in [2.05, 4.69) is 19.0 Å². The molecule has 0 aromatic rings. The molecule has 2 fully saturated rings. The predicted molar refractivity (Wildman–Crippen MR) is 71.0 cm³/mol. The lowest BCUT2D eigenvalue weighted by molar-refractivity contribution is -0.139. The maximum absolute atomic E-state index is 12.2. The van der Waals surface area contributed by atoms with E-state index in [-0.39, 0.29) is 18.4 Å². The highest BCUT2D eigenvalue weighted by Crippen LogP contribution is 2.22. The number of aliphatic carboxylic acids is 1. The molecule has 0 bridgehead atoms. The van der Waals surface area contributed by atoms with Crippen molar-refractivity contribution in [1.82, 2.24) is 14.7 Å². The Morgan fingerprint density at radius 1 is 1.16 bits per heavy atom. The Bertz CT molecular complexity index is 345. The summed E-state index contributed by atoms with van der Waals surface area (Å²) in [6, 6.07) is 0.652. The summed E-state index contributed by atoms with van der Waals surface area (Å²) >= 11 is 0. The number of rotatable bonds is 3. The molecule has 2 rings (SSSR count). The van der Waals surface area contributed by atoms with Crippen molar-refractivity contribution in [3.8, 4) is 0 Å². The molecule has 0 unspecified atom stereocenters. The van der Waals surface area contributed by atoms with Crippen molar-refractivity contribution in [3.63, 3.8) is 0 Å². The van der Waals surface area contributed by atoms with E-state index in [0.717, 1.165) is 25.9 Å². The topological polar surface area (TPSA) is 64.1 Å². The van der Waals surface area contributed by atoms with Gasteiger partial charge in [-0.25, -0.2) is 4.79 Å².